The van der Waals surface area contributed by atoms with Crippen molar-refractivity contribution in [2.24, 2.45) is 5.92 Å². The molecule has 1 aromatic heterocycles. The van der Waals surface area contributed by atoms with E-state index >= 15 is 0 Å². The fraction of sp³-hybridized carbons (Fsp3) is 0.529. The largest absolute Gasteiger partial charge is 0.358 e. The number of rotatable bonds is 3. The summed E-state index contributed by atoms with van der Waals surface area (Å²) in [7, 11) is 0. The molecule has 0 amide bonds. The van der Waals surface area contributed by atoms with Gasteiger partial charge in [0.25, 0.3) is 0 Å². The number of nitrogens with one attached hydrogen (secondary N) is 1. The third kappa shape index (κ3) is 2.31. The average Bonchev–Trinajstić information content (AvgIpc) is 2.54. The average molecular weight is 243 g/mol. The van der Waals surface area contributed by atoms with Crippen molar-refractivity contribution in [2.75, 3.05) is 0 Å². The SMILES string of the molecule is Cc1cc(C)c2[nH]c(CC(C)C)c(C(C)C)c2c1. The number of fused-ring (bicyclic) bond motifs is 1. The van der Waals surface area contributed by atoms with Gasteiger partial charge in [-0.15, -0.1) is 0 Å². The molecule has 0 spiro atoms. The van der Waals surface area contributed by atoms with Crippen LogP contribution in [0.3, 0.4) is 0 Å². The molecule has 98 valence electrons. The van der Waals surface area contributed by atoms with Gasteiger partial charge in [0.15, 0.2) is 0 Å². The van der Waals surface area contributed by atoms with Crippen molar-refractivity contribution in [3.8, 4) is 0 Å². The second-order valence-corrected chi connectivity index (χ2v) is 6.27. The van der Waals surface area contributed by atoms with E-state index in [1.165, 1.54) is 33.3 Å². The number of H-pyrrole nitrogens is 1. The van der Waals surface area contributed by atoms with Crippen LogP contribution in [0, 0.1) is 19.8 Å². The van der Waals surface area contributed by atoms with Gasteiger partial charge >= 0.3 is 0 Å². The molecule has 1 N–H and O–H groups in total. The Balaban J connectivity index is 2.71. The highest BCUT2D eigenvalue weighted by Crippen LogP contribution is 2.32. The van der Waals surface area contributed by atoms with Gasteiger partial charge in [0.05, 0.1) is 0 Å². The van der Waals surface area contributed by atoms with Gasteiger partial charge < -0.3 is 4.98 Å². The van der Waals surface area contributed by atoms with Gasteiger partial charge in [0.1, 0.15) is 0 Å². The molecule has 2 rings (SSSR count). The summed E-state index contributed by atoms with van der Waals surface area (Å²) < 4.78 is 0. The van der Waals surface area contributed by atoms with Crippen molar-refractivity contribution >= 4 is 10.9 Å². The first kappa shape index (κ1) is 13.2. The van der Waals surface area contributed by atoms with Crippen molar-refractivity contribution in [1.82, 2.24) is 4.98 Å². The fourth-order valence-electron chi connectivity index (χ4n) is 2.96. The summed E-state index contributed by atoms with van der Waals surface area (Å²) in [5.74, 6) is 1.27. The highest BCUT2D eigenvalue weighted by atomic mass is 14.7. The number of hydrogen-bond donors (Lipinski definition) is 1. The van der Waals surface area contributed by atoms with Crippen LogP contribution < -0.4 is 0 Å². The molecule has 18 heavy (non-hydrogen) atoms. The molecular weight excluding hydrogens is 218 g/mol. The standard InChI is InChI=1S/C17H25N/c1-10(2)7-15-16(11(3)4)14-9-12(5)8-13(6)17(14)18-15/h8-11,18H,7H2,1-6H3. The maximum absolute atomic E-state index is 3.67. The second-order valence-electron chi connectivity index (χ2n) is 6.27. The zero-order chi connectivity index (χ0) is 13.4. The molecule has 1 heterocycles. The first-order valence-electron chi connectivity index (χ1n) is 7.01. The summed E-state index contributed by atoms with van der Waals surface area (Å²) >= 11 is 0. The Labute approximate surface area is 111 Å². The maximum atomic E-state index is 3.67. The van der Waals surface area contributed by atoms with Gasteiger partial charge in [-0.3, -0.25) is 0 Å². The predicted molar refractivity (Wildman–Crippen MR) is 80.4 cm³/mol. The maximum Gasteiger partial charge on any atom is 0.0488 e. The first-order valence-corrected chi connectivity index (χ1v) is 7.01. The lowest BCUT2D eigenvalue weighted by Crippen LogP contribution is -1.99. The zero-order valence-electron chi connectivity index (χ0n) is 12.5. The second kappa shape index (κ2) is 4.79. The van der Waals surface area contributed by atoms with Crippen LogP contribution in [0.25, 0.3) is 10.9 Å². The highest BCUT2D eigenvalue weighted by molar-refractivity contribution is 5.88. The van der Waals surface area contributed by atoms with Crippen LogP contribution in [0.1, 0.15) is 56.0 Å². The lowest BCUT2D eigenvalue weighted by molar-refractivity contribution is 0.630. The Morgan fingerprint density at radius 2 is 1.72 bits per heavy atom. The highest BCUT2D eigenvalue weighted by Gasteiger charge is 2.16. The molecule has 0 aliphatic rings. The van der Waals surface area contributed by atoms with E-state index < -0.39 is 0 Å². The van der Waals surface area contributed by atoms with Crippen molar-refractivity contribution in [3.05, 3.63) is 34.5 Å². The van der Waals surface area contributed by atoms with Crippen molar-refractivity contribution in [2.45, 2.75) is 53.9 Å². The van der Waals surface area contributed by atoms with E-state index in [9.17, 15) is 0 Å². The van der Waals surface area contributed by atoms with Crippen LogP contribution >= 0.6 is 0 Å². The predicted octanol–water partition coefficient (Wildman–Crippen LogP) is 5.11. The van der Waals surface area contributed by atoms with Gasteiger partial charge in [-0.2, -0.15) is 0 Å². The van der Waals surface area contributed by atoms with E-state index in [1.807, 2.05) is 0 Å². The van der Waals surface area contributed by atoms with Crippen LogP contribution in [0.4, 0.5) is 0 Å². The molecular formula is C17H25N. The fourth-order valence-corrected chi connectivity index (χ4v) is 2.96. The zero-order valence-corrected chi connectivity index (χ0v) is 12.5. The Morgan fingerprint density at radius 1 is 1.06 bits per heavy atom. The van der Waals surface area contributed by atoms with E-state index in [-0.39, 0.29) is 0 Å². The summed E-state index contributed by atoms with van der Waals surface area (Å²) in [6.45, 7) is 13.6. The first-order chi connectivity index (χ1) is 8.40. The molecule has 0 bridgehead atoms. The molecule has 0 saturated heterocycles. The minimum atomic E-state index is 0.577. The minimum Gasteiger partial charge on any atom is -0.358 e. The van der Waals surface area contributed by atoms with Gasteiger partial charge in [-0.1, -0.05) is 39.3 Å². The molecule has 0 fully saturated rings. The number of benzene rings is 1. The lowest BCUT2D eigenvalue weighted by atomic mass is 9.94. The molecule has 1 aromatic carbocycles. The molecule has 0 radical (unpaired) electrons. The van der Waals surface area contributed by atoms with Crippen molar-refractivity contribution < 1.29 is 0 Å². The lowest BCUT2D eigenvalue weighted by Gasteiger charge is -2.10. The molecule has 0 unspecified atom stereocenters. The van der Waals surface area contributed by atoms with Crippen molar-refractivity contribution in [1.29, 1.82) is 0 Å². The van der Waals surface area contributed by atoms with Crippen LogP contribution in [0.2, 0.25) is 0 Å². The topological polar surface area (TPSA) is 15.8 Å². The number of hydrogen-bond acceptors (Lipinski definition) is 0. The monoisotopic (exact) mass is 243 g/mol. The van der Waals surface area contributed by atoms with E-state index in [4.69, 9.17) is 0 Å². The molecule has 0 atom stereocenters. The van der Waals surface area contributed by atoms with Crippen LogP contribution in [-0.4, -0.2) is 4.98 Å². The van der Waals surface area contributed by atoms with E-state index in [0.29, 0.717) is 11.8 Å². The summed E-state index contributed by atoms with van der Waals surface area (Å²) in [6, 6.07) is 4.60. The third-order valence-corrected chi connectivity index (χ3v) is 3.56. The van der Waals surface area contributed by atoms with Gasteiger partial charge in [0, 0.05) is 16.6 Å². The quantitative estimate of drug-likeness (QED) is 0.771. The molecule has 2 aromatic rings. The van der Waals surface area contributed by atoms with Gasteiger partial charge in [-0.05, 0) is 49.3 Å². The normalized spacial score (nSPS) is 12.0. The van der Waals surface area contributed by atoms with E-state index in [2.05, 4.69) is 58.7 Å². The van der Waals surface area contributed by atoms with Crippen LogP contribution in [0.5, 0.6) is 0 Å². The molecule has 1 heteroatoms. The smallest absolute Gasteiger partial charge is 0.0488 e. The van der Waals surface area contributed by atoms with Gasteiger partial charge in [-0.25, -0.2) is 0 Å². The summed E-state index contributed by atoms with van der Waals surface area (Å²) in [6.07, 6.45) is 1.14. The third-order valence-electron chi connectivity index (χ3n) is 3.56. The molecule has 0 aliphatic carbocycles. The van der Waals surface area contributed by atoms with E-state index in [1.54, 1.807) is 0 Å². The Hall–Kier alpha value is -1.24. The number of aromatic nitrogens is 1. The number of aromatic amines is 1. The number of aryl methyl sites for hydroxylation is 2. The molecule has 1 nitrogen and oxygen atoms in total. The van der Waals surface area contributed by atoms with Gasteiger partial charge in [0.2, 0.25) is 0 Å². The minimum absolute atomic E-state index is 0.577. The molecule has 0 aliphatic heterocycles. The Bertz CT molecular complexity index is 558. The Morgan fingerprint density at radius 3 is 2.28 bits per heavy atom. The van der Waals surface area contributed by atoms with Crippen LogP contribution in [-0.2, 0) is 6.42 Å². The summed E-state index contributed by atoms with van der Waals surface area (Å²) in [5, 5.41) is 1.43. The molecule has 0 saturated carbocycles. The summed E-state index contributed by atoms with van der Waals surface area (Å²) in [4.78, 5) is 3.67. The summed E-state index contributed by atoms with van der Waals surface area (Å²) in [5.41, 5.74) is 7.01. The van der Waals surface area contributed by atoms with Crippen molar-refractivity contribution in [3.63, 3.8) is 0 Å². The van der Waals surface area contributed by atoms with E-state index in [0.717, 1.165) is 6.42 Å². The Kier molecular flexibility index (Phi) is 3.52. The van der Waals surface area contributed by atoms with Crippen LogP contribution in [0.15, 0.2) is 12.1 Å².